The third-order valence-electron chi connectivity index (χ3n) is 3.01. The molecular formula is C16H13N3O. The number of benzene rings is 2. The number of hydrogen-bond donors (Lipinski definition) is 1. The third kappa shape index (κ3) is 2.31. The summed E-state index contributed by atoms with van der Waals surface area (Å²) in [6, 6.07) is 19.6. The van der Waals surface area contributed by atoms with Crippen LogP contribution < -0.4 is 0 Å². The molecule has 4 nitrogen and oxygen atoms in total. The second-order valence-electron chi connectivity index (χ2n) is 4.32. The van der Waals surface area contributed by atoms with Crippen molar-refractivity contribution >= 4 is 6.21 Å². The van der Waals surface area contributed by atoms with Crippen molar-refractivity contribution in [2.24, 2.45) is 5.16 Å². The van der Waals surface area contributed by atoms with Crippen molar-refractivity contribution in [2.75, 3.05) is 0 Å². The first-order valence-electron chi connectivity index (χ1n) is 6.26. The normalized spacial score (nSPS) is 11.0. The minimum Gasteiger partial charge on any atom is -0.411 e. The van der Waals surface area contributed by atoms with Crippen LogP contribution in [0.3, 0.4) is 0 Å². The molecule has 0 aliphatic carbocycles. The van der Waals surface area contributed by atoms with E-state index in [1.807, 2.05) is 66.9 Å². The van der Waals surface area contributed by atoms with Crippen molar-refractivity contribution in [2.45, 2.75) is 0 Å². The Kier molecular flexibility index (Phi) is 3.29. The molecule has 0 saturated heterocycles. The van der Waals surface area contributed by atoms with Gasteiger partial charge in [0, 0.05) is 17.3 Å². The van der Waals surface area contributed by atoms with E-state index < -0.39 is 0 Å². The summed E-state index contributed by atoms with van der Waals surface area (Å²) >= 11 is 0. The Bertz CT molecular complexity index is 718. The quantitative estimate of drug-likeness (QED) is 0.447. The van der Waals surface area contributed by atoms with Crippen LogP contribution >= 0.6 is 0 Å². The third-order valence-corrected chi connectivity index (χ3v) is 3.01. The van der Waals surface area contributed by atoms with Crippen LogP contribution in [0.5, 0.6) is 0 Å². The first-order valence-corrected chi connectivity index (χ1v) is 6.26. The Labute approximate surface area is 116 Å². The van der Waals surface area contributed by atoms with Crippen LogP contribution in [0.4, 0.5) is 0 Å². The molecule has 2 aromatic carbocycles. The second kappa shape index (κ2) is 5.40. The number of hydrogen-bond acceptors (Lipinski definition) is 3. The lowest BCUT2D eigenvalue weighted by Crippen LogP contribution is -1.93. The van der Waals surface area contributed by atoms with Crippen LogP contribution in [0.2, 0.25) is 0 Å². The zero-order chi connectivity index (χ0) is 13.8. The SMILES string of the molecule is ON=Cc1cn(-c2ccccc2)nc1-c1ccccc1. The van der Waals surface area contributed by atoms with Gasteiger partial charge in [-0.25, -0.2) is 4.68 Å². The van der Waals surface area contributed by atoms with Gasteiger partial charge in [-0.15, -0.1) is 0 Å². The average Bonchev–Trinajstić information content (AvgIpc) is 2.94. The summed E-state index contributed by atoms with van der Waals surface area (Å²) in [6.07, 6.45) is 3.24. The molecule has 1 aromatic heterocycles. The van der Waals surface area contributed by atoms with Gasteiger partial charge in [0.1, 0.15) is 5.69 Å². The Morgan fingerprint density at radius 3 is 2.25 bits per heavy atom. The smallest absolute Gasteiger partial charge is 0.102 e. The van der Waals surface area contributed by atoms with Crippen molar-refractivity contribution in [1.82, 2.24) is 9.78 Å². The van der Waals surface area contributed by atoms with Gasteiger partial charge in [-0.05, 0) is 12.1 Å². The predicted molar refractivity (Wildman–Crippen MR) is 78.4 cm³/mol. The molecule has 1 N–H and O–H groups in total. The number of oxime groups is 1. The van der Waals surface area contributed by atoms with Crippen molar-refractivity contribution in [1.29, 1.82) is 0 Å². The summed E-state index contributed by atoms with van der Waals surface area (Å²) in [5, 5.41) is 16.5. The molecule has 0 saturated carbocycles. The molecule has 0 fully saturated rings. The molecule has 4 heteroatoms. The van der Waals surface area contributed by atoms with E-state index in [4.69, 9.17) is 5.21 Å². The highest BCUT2D eigenvalue weighted by Gasteiger charge is 2.10. The summed E-state index contributed by atoms with van der Waals surface area (Å²) in [6.45, 7) is 0. The molecule has 98 valence electrons. The zero-order valence-electron chi connectivity index (χ0n) is 10.7. The van der Waals surface area contributed by atoms with Gasteiger partial charge in [0.25, 0.3) is 0 Å². The van der Waals surface area contributed by atoms with Gasteiger partial charge < -0.3 is 5.21 Å². The van der Waals surface area contributed by atoms with E-state index in [1.54, 1.807) is 4.68 Å². The summed E-state index contributed by atoms with van der Waals surface area (Å²) < 4.78 is 1.78. The first kappa shape index (κ1) is 12.2. The van der Waals surface area contributed by atoms with Crippen LogP contribution in [0.15, 0.2) is 72.0 Å². The molecule has 1 heterocycles. The van der Waals surface area contributed by atoms with Crippen molar-refractivity contribution < 1.29 is 5.21 Å². The summed E-state index contributed by atoms with van der Waals surface area (Å²) in [5.41, 5.74) is 3.49. The van der Waals surface area contributed by atoms with Crippen LogP contribution in [0, 0.1) is 0 Å². The standard InChI is InChI=1S/C16H13N3O/c20-17-11-14-12-19(15-9-5-2-6-10-15)18-16(14)13-7-3-1-4-8-13/h1-12,20H. The Hall–Kier alpha value is -2.88. The molecule has 0 amide bonds. The van der Waals surface area contributed by atoms with Crippen molar-refractivity contribution in [3.05, 3.63) is 72.4 Å². The molecule has 0 radical (unpaired) electrons. The predicted octanol–water partition coefficient (Wildman–Crippen LogP) is 3.35. The minimum absolute atomic E-state index is 0.766. The fourth-order valence-corrected chi connectivity index (χ4v) is 2.08. The van der Waals surface area contributed by atoms with Crippen LogP contribution in [-0.4, -0.2) is 21.2 Å². The lowest BCUT2D eigenvalue weighted by Gasteiger charge is -2.00. The number of aromatic nitrogens is 2. The Balaban J connectivity index is 2.13. The lowest BCUT2D eigenvalue weighted by molar-refractivity contribution is 0.322. The summed E-state index contributed by atoms with van der Waals surface area (Å²) in [4.78, 5) is 0. The maximum Gasteiger partial charge on any atom is 0.102 e. The molecule has 0 unspecified atom stereocenters. The van der Waals surface area contributed by atoms with Crippen molar-refractivity contribution in [3.8, 4) is 16.9 Å². The van der Waals surface area contributed by atoms with E-state index in [2.05, 4.69) is 10.3 Å². The van der Waals surface area contributed by atoms with Gasteiger partial charge in [-0.3, -0.25) is 0 Å². The highest BCUT2D eigenvalue weighted by atomic mass is 16.4. The van der Waals surface area contributed by atoms with Gasteiger partial charge >= 0.3 is 0 Å². The van der Waals surface area contributed by atoms with Crippen LogP contribution in [-0.2, 0) is 0 Å². The van der Waals surface area contributed by atoms with Gasteiger partial charge in [0.15, 0.2) is 0 Å². The molecule has 0 aliphatic heterocycles. The van der Waals surface area contributed by atoms with E-state index in [-0.39, 0.29) is 0 Å². The van der Waals surface area contributed by atoms with E-state index in [0.29, 0.717) is 0 Å². The van der Waals surface area contributed by atoms with E-state index in [1.165, 1.54) is 6.21 Å². The molecule has 0 aliphatic rings. The lowest BCUT2D eigenvalue weighted by atomic mass is 10.1. The van der Waals surface area contributed by atoms with Crippen molar-refractivity contribution in [3.63, 3.8) is 0 Å². The largest absolute Gasteiger partial charge is 0.411 e. The van der Waals surface area contributed by atoms with Gasteiger partial charge in [0.05, 0.1) is 11.9 Å². The second-order valence-corrected chi connectivity index (χ2v) is 4.32. The highest BCUT2D eigenvalue weighted by Crippen LogP contribution is 2.22. The van der Waals surface area contributed by atoms with E-state index >= 15 is 0 Å². The van der Waals surface area contributed by atoms with Crippen LogP contribution in [0.1, 0.15) is 5.56 Å². The van der Waals surface area contributed by atoms with Gasteiger partial charge in [0.2, 0.25) is 0 Å². The maximum atomic E-state index is 8.80. The topological polar surface area (TPSA) is 50.4 Å². The number of para-hydroxylation sites is 1. The fourth-order valence-electron chi connectivity index (χ4n) is 2.08. The molecular weight excluding hydrogens is 250 g/mol. The number of nitrogens with zero attached hydrogens (tertiary/aromatic N) is 3. The molecule has 3 aromatic rings. The molecule has 0 bridgehead atoms. The minimum atomic E-state index is 0.766. The highest BCUT2D eigenvalue weighted by molar-refractivity contribution is 5.88. The van der Waals surface area contributed by atoms with Gasteiger partial charge in [-0.1, -0.05) is 53.7 Å². The number of rotatable bonds is 3. The maximum absolute atomic E-state index is 8.80. The zero-order valence-corrected chi connectivity index (χ0v) is 10.7. The summed E-state index contributed by atoms with van der Waals surface area (Å²) in [7, 11) is 0. The van der Waals surface area contributed by atoms with Crippen LogP contribution in [0.25, 0.3) is 16.9 Å². The average molecular weight is 263 g/mol. The molecule has 0 spiro atoms. The molecule has 0 atom stereocenters. The summed E-state index contributed by atoms with van der Waals surface area (Å²) in [5.74, 6) is 0. The fraction of sp³-hybridized carbons (Fsp3) is 0. The van der Waals surface area contributed by atoms with Gasteiger partial charge in [-0.2, -0.15) is 5.10 Å². The van der Waals surface area contributed by atoms with E-state index in [0.717, 1.165) is 22.5 Å². The monoisotopic (exact) mass is 263 g/mol. The Morgan fingerprint density at radius 1 is 0.950 bits per heavy atom. The van der Waals surface area contributed by atoms with E-state index in [9.17, 15) is 0 Å². The first-order chi connectivity index (χ1) is 9.88. The molecule has 3 rings (SSSR count). The molecule has 20 heavy (non-hydrogen) atoms. The Morgan fingerprint density at radius 2 is 1.60 bits per heavy atom.